The number of carbonyl (C=O) groups excluding carboxylic acids is 1. The van der Waals surface area contributed by atoms with Crippen LogP contribution in [0.25, 0.3) is 6.08 Å². The molecular formula is C12H9NO4. The molecule has 1 rings (SSSR count). The monoisotopic (exact) mass is 231 g/mol. The van der Waals surface area contributed by atoms with E-state index in [2.05, 4.69) is 10.7 Å². The molecule has 17 heavy (non-hydrogen) atoms. The molecule has 0 radical (unpaired) electrons. The highest BCUT2D eigenvalue weighted by atomic mass is 16.6. The van der Waals surface area contributed by atoms with Crippen molar-refractivity contribution in [1.29, 1.82) is 0 Å². The lowest BCUT2D eigenvalue weighted by molar-refractivity contribution is -0.384. The fraction of sp³-hybridized carbons (Fsp3) is 0.0833. The normalized spacial score (nSPS) is 9.82. The van der Waals surface area contributed by atoms with Crippen LogP contribution in [0.5, 0.6) is 0 Å². The molecule has 5 heteroatoms. The van der Waals surface area contributed by atoms with Gasteiger partial charge in [0.2, 0.25) is 0 Å². The lowest BCUT2D eigenvalue weighted by Gasteiger charge is -1.95. The third-order valence-electron chi connectivity index (χ3n) is 1.79. The number of hydrogen-bond donors (Lipinski definition) is 0. The molecule has 0 aliphatic heterocycles. The molecule has 0 spiro atoms. The highest BCUT2D eigenvalue weighted by molar-refractivity contribution is 5.87. The van der Waals surface area contributed by atoms with Crippen molar-refractivity contribution >= 4 is 17.7 Å². The molecule has 0 aromatic heterocycles. The highest BCUT2D eigenvalue weighted by Gasteiger charge is 2.04. The average Bonchev–Trinajstić information content (AvgIpc) is 2.34. The van der Waals surface area contributed by atoms with Crippen LogP contribution in [0.2, 0.25) is 0 Å². The molecule has 0 aliphatic carbocycles. The number of non-ortho nitro benzene ring substituents is 1. The zero-order chi connectivity index (χ0) is 12.7. The van der Waals surface area contributed by atoms with Crippen molar-refractivity contribution in [3.63, 3.8) is 0 Å². The zero-order valence-corrected chi connectivity index (χ0v) is 8.83. The highest BCUT2D eigenvalue weighted by Crippen LogP contribution is 2.13. The van der Waals surface area contributed by atoms with Gasteiger partial charge in [0.15, 0.2) is 6.61 Å². The van der Waals surface area contributed by atoms with E-state index in [-0.39, 0.29) is 12.3 Å². The summed E-state index contributed by atoms with van der Waals surface area (Å²) < 4.78 is 4.59. The summed E-state index contributed by atoms with van der Waals surface area (Å²) >= 11 is 0. The number of benzene rings is 1. The molecule has 0 saturated carbocycles. The van der Waals surface area contributed by atoms with Crippen molar-refractivity contribution in [2.45, 2.75) is 0 Å². The molecule has 0 saturated heterocycles. The Morgan fingerprint density at radius 3 is 3.00 bits per heavy atom. The molecule has 86 valence electrons. The molecule has 1 aromatic rings. The second-order valence-electron chi connectivity index (χ2n) is 3.00. The molecule has 0 amide bonds. The third-order valence-corrected chi connectivity index (χ3v) is 1.79. The predicted octanol–water partition coefficient (Wildman–Crippen LogP) is 1.78. The van der Waals surface area contributed by atoms with Crippen LogP contribution in [-0.2, 0) is 9.53 Å². The molecule has 0 bridgehead atoms. The molecule has 0 heterocycles. The Balaban J connectivity index is 2.72. The van der Waals surface area contributed by atoms with Gasteiger partial charge in [-0.3, -0.25) is 10.1 Å². The average molecular weight is 231 g/mol. The first-order valence-corrected chi connectivity index (χ1v) is 4.66. The van der Waals surface area contributed by atoms with Gasteiger partial charge in [-0.1, -0.05) is 18.1 Å². The maximum absolute atomic E-state index is 11.1. The summed E-state index contributed by atoms with van der Waals surface area (Å²) in [5.74, 6) is 1.57. The van der Waals surface area contributed by atoms with E-state index < -0.39 is 10.9 Å². The van der Waals surface area contributed by atoms with Gasteiger partial charge in [-0.25, -0.2) is 4.79 Å². The van der Waals surface area contributed by atoms with Gasteiger partial charge in [0.1, 0.15) is 0 Å². The van der Waals surface area contributed by atoms with E-state index in [1.807, 2.05) is 0 Å². The Labute approximate surface area is 97.9 Å². The SMILES string of the molecule is C#CCOC(=O)C=Cc1cccc([N+](=O)[O-])c1. The van der Waals surface area contributed by atoms with E-state index in [1.165, 1.54) is 24.3 Å². The fourth-order valence-electron chi connectivity index (χ4n) is 1.07. The van der Waals surface area contributed by atoms with Crippen molar-refractivity contribution < 1.29 is 14.5 Å². The van der Waals surface area contributed by atoms with Crippen molar-refractivity contribution in [2.24, 2.45) is 0 Å². The molecule has 0 aliphatic rings. The minimum Gasteiger partial charge on any atom is -0.449 e. The summed E-state index contributed by atoms with van der Waals surface area (Å²) in [7, 11) is 0. The summed E-state index contributed by atoms with van der Waals surface area (Å²) in [5.41, 5.74) is 0.501. The largest absolute Gasteiger partial charge is 0.449 e. The molecule has 0 unspecified atom stereocenters. The van der Waals surface area contributed by atoms with Gasteiger partial charge in [-0.05, 0) is 11.6 Å². The Morgan fingerprint density at radius 1 is 1.59 bits per heavy atom. The number of nitro groups is 1. The molecule has 0 fully saturated rings. The van der Waals surface area contributed by atoms with Crippen molar-refractivity contribution in [1.82, 2.24) is 0 Å². The third kappa shape index (κ3) is 4.18. The number of esters is 1. The predicted molar refractivity (Wildman–Crippen MR) is 61.9 cm³/mol. The minimum absolute atomic E-state index is 0.0378. The van der Waals surface area contributed by atoms with Crippen LogP contribution in [0, 0.1) is 22.5 Å². The van der Waals surface area contributed by atoms with E-state index in [1.54, 1.807) is 6.07 Å². The van der Waals surface area contributed by atoms with Gasteiger partial charge in [-0.15, -0.1) is 6.42 Å². The number of carbonyl (C=O) groups is 1. The van der Waals surface area contributed by atoms with E-state index in [0.29, 0.717) is 5.56 Å². The van der Waals surface area contributed by atoms with Crippen LogP contribution in [0.3, 0.4) is 0 Å². The summed E-state index contributed by atoms with van der Waals surface area (Å²) in [6.45, 7) is -0.0991. The van der Waals surface area contributed by atoms with E-state index in [9.17, 15) is 14.9 Å². The quantitative estimate of drug-likeness (QED) is 0.260. The van der Waals surface area contributed by atoms with Gasteiger partial charge >= 0.3 is 5.97 Å². The van der Waals surface area contributed by atoms with Gasteiger partial charge in [-0.2, -0.15) is 0 Å². The maximum atomic E-state index is 11.1. The first-order chi connectivity index (χ1) is 8.13. The number of nitrogens with zero attached hydrogens (tertiary/aromatic N) is 1. The van der Waals surface area contributed by atoms with Crippen LogP contribution in [0.1, 0.15) is 5.56 Å². The molecule has 5 nitrogen and oxygen atoms in total. The van der Waals surface area contributed by atoms with Crippen molar-refractivity contribution in [2.75, 3.05) is 6.61 Å². The van der Waals surface area contributed by atoms with Crippen LogP contribution >= 0.6 is 0 Å². The van der Waals surface area contributed by atoms with Crippen molar-refractivity contribution in [3.05, 3.63) is 46.0 Å². The second kappa shape index (κ2) is 6.08. The number of ether oxygens (including phenoxy) is 1. The van der Waals surface area contributed by atoms with Crippen LogP contribution in [0.15, 0.2) is 30.3 Å². The summed E-state index contributed by atoms with van der Waals surface area (Å²) in [4.78, 5) is 21.0. The standard InChI is InChI=1S/C12H9NO4/c1-2-8-17-12(14)7-6-10-4-3-5-11(9-10)13(15)16/h1,3-7,9H,8H2. The van der Waals surface area contributed by atoms with E-state index in [4.69, 9.17) is 6.42 Å². The molecule has 1 aromatic carbocycles. The van der Waals surface area contributed by atoms with Crippen molar-refractivity contribution in [3.8, 4) is 12.3 Å². The summed E-state index contributed by atoms with van der Waals surface area (Å²) in [5, 5.41) is 10.5. The Kier molecular flexibility index (Phi) is 4.45. The first kappa shape index (κ1) is 12.5. The van der Waals surface area contributed by atoms with Crippen LogP contribution < -0.4 is 0 Å². The summed E-state index contributed by atoms with van der Waals surface area (Å²) in [6.07, 6.45) is 7.50. The number of nitro benzene ring substituents is 1. The first-order valence-electron chi connectivity index (χ1n) is 4.66. The van der Waals surface area contributed by atoms with Gasteiger partial charge in [0, 0.05) is 18.2 Å². The Morgan fingerprint density at radius 2 is 2.35 bits per heavy atom. The lowest BCUT2D eigenvalue weighted by Crippen LogP contribution is -1.99. The van der Waals surface area contributed by atoms with Gasteiger partial charge in [0.25, 0.3) is 5.69 Å². The maximum Gasteiger partial charge on any atom is 0.331 e. The second-order valence-corrected chi connectivity index (χ2v) is 3.00. The minimum atomic E-state index is -0.588. The molecular weight excluding hydrogens is 222 g/mol. The summed E-state index contributed by atoms with van der Waals surface area (Å²) in [6, 6.07) is 5.89. The fourth-order valence-corrected chi connectivity index (χ4v) is 1.07. The Bertz CT molecular complexity index is 499. The number of rotatable bonds is 4. The molecule has 0 atom stereocenters. The smallest absolute Gasteiger partial charge is 0.331 e. The van der Waals surface area contributed by atoms with E-state index in [0.717, 1.165) is 6.08 Å². The topological polar surface area (TPSA) is 69.4 Å². The van der Waals surface area contributed by atoms with E-state index >= 15 is 0 Å². The lowest BCUT2D eigenvalue weighted by atomic mass is 10.2. The Hall–Kier alpha value is -2.61. The van der Waals surface area contributed by atoms with Gasteiger partial charge < -0.3 is 4.74 Å². The number of hydrogen-bond acceptors (Lipinski definition) is 4. The molecule has 0 N–H and O–H groups in total. The zero-order valence-electron chi connectivity index (χ0n) is 8.83. The number of terminal acetylenes is 1. The van der Waals surface area contributed by atoms with Crippen LogP contribution in [0.4, 0.5) is 5.69 Å². The van der Waals surface area contributed by atoms with Gasteiger partial charge in [0.05, 0.1) is 4.92 Å². The van der Waals surface area contributed by atoms with Crippen LogP contribution in [-0.4, -0.2) is 17.5 Å².